The lowest BCUT2D eigenvalue weighted by molar-refractivity contribution is 0.136. The van der Waals surface area contributed by atoms with Crippen LogP contribution in [0.15, 0.2) is 0 Å². The molecule has 0 atom stereocenters. The monoisotopic (exact) mass is 325 g/mol. The van der Waals surface area contributed by atoms with E-state index in [1.165, 1.54) is 0 Å². The largest absolute Gasteiger partial charge is 0.412 e. The minimum absolute atomic E-state index is 0.0694. The van der Waals surface area contributed by atoms with Gasteiger partial charge in [0.05, 0.1) is 26.1 Å². The quantitative estimate of drug-likeness (QED) is 0.339. The van der Waals surface area contributed by atoms with Gasteiger partial charge >= 0.3 is 10.4 Å². The van der Waals surface area contributed by atoms with Crippen molar-refractivity contribution in [3.8, 4) is 0 Å². The van der Waals surface area contributed by atoms with E-state index in [1.54, 1.807) is 4.90 Å². The minimum atomic E-state index is -4.87. The summed E-state index contributed by atoms with van der Waals surface area (Å²) < 4.78 is 49.8. The molecule has 0 radical (unpaired) electrons. The van der Waals surface area contributed by atoms with E-state index in [2.05, 4.69) is 3.63 Å². The Morgan fingerprint density at radius 2 is 1.21 bits per heavy atom. The minimum Gasteiger partial charge on any atom is -0.395 e. The van der Waals surface area contributed by atoms with Gasteiger partial charge in [0, 0.05) is 19.6 Å². The molecule has 0 bridgehead atoms. The van der Waals surface area contributed by atoms with Gasteiger partial charge in [-0.25, -0.2) is 0 Å². The molecule has 0 aromatic rings. The molecule has 19 heavy (non-hydrogen) atoms. The van der Waals surface area contributed by atoms with Crippen molar-refractivity contribution in [3.63, 3.8) is 0 Å². The first-order valence-electron chi connectivity index (χ1n) is 4.99. The molecule has 0 saturated carbocycles. The number of rotatable bonds is 8. The molecule has 0 amide bonds. The fraction of sp³-hybridized carbons (Fsp3) is 1.00. The first-order valence-corrected chi connectivity index (χ1v) is 8.17. The molecule has 0 unspecified atom stereocenters. The Morgan fingerprint density at radius 1 is 0.895 bits per heavy atom. The molecule has 0 heterocycles. The van der Waals surface area contributed by atoms with Gasteiger partial charge in [-0.1, -0.05) is 0 Å². The Kier molecular flexibility index (Phi) is 11.5. The summed E-state index contributed by atoms with van der Waals surface area (Å²) in [6.07, 6.45) is 0.501. The van der Waals surface area contributed by atoms with Gasteiger partial charge in [0.15, 0.2) is 0 Å². The van der Waals surface area contributed by atoms with Gasteiger partial charge in [-0.15, -0.1) is 3.63 Å². The fourth-order valence-electron chi connectivity index (χ4n) is 0.916. The SMILES string of the molecule is CS(=O)(=O)OS(=O)(=O)O.OCCN(CCO)CCO. The van der Waals surface area contributed by atoms with Crippen LogP contribution in [-0.2, 0) is 24.1 Å². The van der Waals surface area contributed by atoms with Crippen LogP contribution in [0, 0.1) is 0 Å². The molecule has 118 valence electrons. The van der Waals surface area contributed by atoms with E-state index in [1.807, 2.05) is 0 Å². The molecule has 0 aliphatic rings. The lowest BCUT2D eigenvalue weighted by Crippen LogP contribution is -2.32. The number of hydrogen-bond acceptors (Lipinski definition) is 9. The van der Waals surface area contributed by atoms with Crippen molar-refractivity contribution in [2.75, 3.05) is 45.7 Å². The second-order valence-corrected chi connectivity index (χ2v) is 6.02. The molecule has 0 rings (SSSR count). The lowest BCUT2D eigenvalue weighted by atomic mass is 10.4. The Morgan fingerprint density at radius 3 is 1.32 bits per heavy atom. The van der Waals surface area contributed by atoms with Crippen LogP contribution in [0.5, 0.6) is 0 Å². The third kappa shape index (κ3) is 20.2. The van der Waals surface area contributed by atoms with E-state index >= 15 is 0 Å². The standard InChI is InChI=1S/C6H15NO3.CH4O6S2/c8-4-1-7(2-5-9)3-6-10;1-8(2,3)7-9(4,5)6/h8-10H,1-6H2;1H3,(H,4,5,6). The smallest absolute Gasteiger partial charge is 0.395 e. The van der Waals surface area contributed by atoms with Gasteiger partial charge in [-0.05, 0) is 0 Å². The first-order chi connectivity index (χ1) is 8.55. The van der Waals surface area contributed by atoms with E-state index in [4.69, 9.17) is 19.9 Å². The highest BCUT2D eigenvalue weighted by molar-refractivity contribution is 7.97. The van der Waals surface area contributed by atoms with Crippen molar-refractivity contribution >= 4 is 20.5 Å². The van der Waals surface area contributed by atoms with Crippen LogP contribution in [0.25, 0.3) is 0 Å². The maximum absolute atomic E-state index is 9.89. The number of hydrogen-bond donors (Lipinski definition) is 4. The summed E-state index contributed by atoms with van der Waals surface area (Å²) in [6, 6.07) is 0. The summed E-state index contributed by atoms with van der Waals surface area (Å²) in [5, 5.41) is 25.5. The van der Waals surface area contributed by atoms with Crippen LogP contribution in [0.4, 0.5) is 0 Å². The molecule has 10 nitrogen and oxygen atoms in total. The Labute approximate surface area is 112 Å². The van der Waals surface area contributed by atoms with Gasteiger partial charge in [0.1, 0.15) is 0 Å². The highest BCUT2D eigenvalue weighted by Gasteiger charge is 2.13. The van der Waals surface area contributed by atoms with E-state index in [0.29, 0.717) is 25.9 Å². The van der Waals surface area contributed by atoms with E-state index in [-0.39, 0.29) is 19.8 Å². The van der Waals surface area contributed by atoms with Crippen molar-refractivity contribution < 1.29 is 40.3 Å². The molecule has 0 aliphatic heterocycles. The zero-order valence-electron chi connectivity index (χ0n) is 10.3. The van der Waals surface area contributed by atoms with Crippen LogP contribution in [0.3, 0.4) is 0 Å². The number of nitrogens with zero attached hydrogens (tertiary/aromatic N) is 1. The molecule has 12 heteroatoms. The lowest BCUT2D eigenvalue weighted by Gasteiger charge is -2.17. The normalized spacial score (nSPS) is 12.1. The van der Waals surface area contributed by atoms with Crippen molar-refractivity contribution in [1.82, 2.24) is 4.90 Å². The highest BCUT2D eigenvalue weighted by Crippen LogP contribution is 1.92. The molecular weight excluding hydrogens is 306 g/mol. The predicted octanol–water partition coefficient (Wildman–Crippen LogP) is -2.97. The highest BCUT2D eigenvalue weighted by atomic mass is 32.3. The molecule has 0 spiro atoms. The second kappa shape index (κ2) is 10.4. The average molecular weight is 325 g/mol. The molecule has 0 saturated heterocycles. The van der Waals surface area contributed by atoms with Crippen molar-refractivity contribution in [3.05, 3.63) is 0 Å². The van der Waals surface area contributed by atoms with E-state index < -0.39 is 20.5 Å². The van der Waals surface area contributed by atoms with Gasteiger partial charge in [0.2, 0.25) is 0 Å². The number of aliphatic hydroxyl groups is 3. The zero-order valence-corrected chi connectivity index (χ0v) is 12.0. The van der Waals surface area contributed by atoms with Crippen molar-refractivity contribution in [2.45, 2.75) is 0 Å². The molecule has 0 aliphatic carbocycles. The first kappa shape index (κ1) is 21.0. The second-order valence-electron chi connectivity index (χ2n) is 3.21. The van der Waals surface area contributed by atoms with Crippen molar-refractivity contribution in [1.29, 1.82) is 0 Å². The summed E-state index contributed by atoms with van der Waals surface area (Å²) in [5.41, 5.74) is 0. The fourth-order valence-corrected chi connectivity index (χ4v) is 2.17. The van der Waals surface area contributed by atoms with E-state index in [0.717, 1.165) is 0 Å². The Balaban J connectivity index is 0. The van der Waals surface area contributed by atoms with Crippen LogP contribution in [-0.4, -0.2) is 87.3 Å². The van der Waals surface area contributed by atoms with Crippen LogP contribution in [0.2, 0.25) is 0 Å². The Bertz CT molecular complexity index is 360. The van der Waals surface area contributed by atoms with Gasteiger partial charge < -0.3 is 15.3 Å². The molecular formula is C7H19NO9S2. The third-order valence-electron chi connectivity index (χ3n) is 1.46. The zero-order chi connectivity index (χ0) is 15.5. The average Bonchev–Trinajstić information content (AvgIpc) is 2.13. The molecule has 4 N–H and O–H groups in total. The van der Waals surface area contributed by atoms with Gasteiger partial charge in [0.25, 0.3) is 10.1 Å². The third-order valence-corrected chi connectivity index (χ3v) is 3.13. The summed E-state index contributed by atoms with van der Waals surface area (Å²) in [4.78, 5) is 1.79. The Hall–Kier alpha value is -0.340. The maximum atomic E-state index is 9.89. The summed E-state index contributed by atoms with van der Waals surface area (Å²) in [7, 11) is -8.99. The number of aliphatic hydroxyl groups excluding tert-OH is 3. The summed E-state index contributed by atoms with van der Waals surface area (Å²) in [6.45, 7) is 1.75. The molecule has 0 aromatic carbocycles. The van der Waals surface area contributed by atoms with Crippen LogP contribution < -0.4 is 0 Å². The van der Waals surface area contributed by atoms with E-state index in [9.17, 15) is 16.8 Å². The summed E-state index contributed by atoms with van der Waals surface area (Å²) >= 11 is 0. The molecule has 0 aromatic heterocycles. The van der Waals surface area contributed by atoms with Gasteiger partial charge in [-0.2, -0.15) is 16.8 Å². The summed E-state index contributed by atoms with van der Waals surface area (Å²) in [5.74, 6) is 0. The molecule has 0 fully saturated rings. The van der Waals surface area contributed by atoms with Crippen LogP contribution in [0.1, 0.15) is 0 Å². The topological polar surface area (TPSA) is 162 Å². The van der Waals surface area contributed by atoms with Crippen molar-refractivity contribution in [2.24, 2.45) is 0 Å². The predicted molar refractivity (Wildman–Crippen MR) is 65.2 cm³/mol. The maximum Gasteiger partial charge on any atom is 0.412 e. The van der Waals surface area contributed by atoms with Gasteiger partial charge in [-0.3, -0.25) is 9.45 Å². The van der Waals surface area contributed by atoms with Crippen LogP contribution >= 0.6 is 0 Å².